The second-order valence-corrected chi connectivity index (χ2v) is 4.85. The largest absolute Gasteiger partial charge is 0.496 e. The van der Waals surface area contributed by atoms with Gasteiger partial charge >= 0.3 is 0 Å². The molecule has 0 spiro atoms. The molecule has 0 aliphatic carbocycles. The van der Waals surface area contributed by atoms with Crippen molar-refractivity contribution in [2.45, 2.75) is 25.7 Å². The van der Waals surface area contributed by atoms with Crippen LogP contribution >= 0.6 is 0 Å². The molecule has 102 valence electrons. The van der Waals surface area contributed by atoms with Gasteiger partial charge in [0.15, 0.2) is 0 Å². The quantitative estimate of drug-likeness (QED) is 0.853. The number of methoxy groups -OCH3 is 1. The highest BCUT2D eigenvalue weighted by atomic mass is 16.5. The molecule has 2 aromatic rings. The zero-order valence-electron chi connectivity index (χ0n) is 11.9. The smallest absolute Gasteiger partial charge is 0.122 e. The van der Waals surface area contributed by atoms with Crippen LogP contribution in [0.1, 0.15) is 42.5 Å². The average molecular weight is 267 g/mol. The summed E-state index contributed by atoms with van der Waals surface area (Å²) in [5.41, 5.74) is 2.73. The number of ether oxygens (including phenoxy) is 1. The minimum Gasteiger partial charge on any atom is -0.496 e. The molecular formula is C16H17N3O. The van der Waals surface area contributed by atoms with Crippen LogP contribution in [0.25, 0.3) is 0 Å². The normalized spacial score (nSPS) is 11.9. The maximum absolute atomic E-state index is 9.45. The number of nitriles is 1. The molecule has 0 fully saturated rings. The molecule has 4 heteroatoms. The summed E-state index contributed by atoms with van der Waals surface area (Å²) in [4.78, 5) is 8.07. The monoisotopic (exact) mass is 267 g/mol. The van der Waals surface area contributed by atoms with Crippen LogP contribution < -0.4 is 4.74 Å². The molecule has 1 aromatic heterocycles. The fourth-order valence-electron chi connectivity index (χ4n) is 2.17. The summed E-state index contributed by atoms with van der Waals surface area (Å²) >= 11 is 0. The Bertz CT molecular complexity index is 617. The van der Waals surface area contributed by atoms with Gasteiger partial charge in [-0.05, 0) is 29.2 Å². The Balaban J connectivity index is 2.47. The molecule has 1 unspecified atom stereocenters. The van der Waals surface area contributed by atoms with Gasteiger partial charge in [-0.15, -0.1) is 0 Å². The zero-order chi connectivity index (χ0) is 14.5. The van der Waals surface area contributed by atoms with E-state index >= 15 is 0 Å². The van der Waals surface area contributed by atoms with E-state index in [4.69, 9.17) is 4.74 Å². The van der Waals surface area contributed by atoms with Crippen molar-refractivity contribution in [3.05, 3.63) is 53.6 Å². The summed E-state index contributed by atoms with van der Waals surface area (Å²) in [6.45, 7) is 4.21. The molecule has 1 atom stereocenters. The molecule has 2 rings (SSSR count). The number of nitrogens with zero attached hydrogens (tertiary/aromatic N) is 3. The standard InChI is InChI=1S/C16H17N3O/c1-11(2)13-8-12(4-5-16(13)20-3)14(9-17)15-6-7-18-10-19-15/h4-8,10-11,14H,1-3H3. The molecule has 20 heavy (non-hydrogen) atoms. The van der Waals surface area contributed by atoms with Crippen LogP contribution in [0.3, 0.4) is 0 Å². The predicted molar refractivity (Wildman–Crippen MR) is 76.6 cm³/mol. The van der Waals surface area contributed by atoms with E-state index < -0.39 is 0 Å². The highest BCUT2D eigenvalue weighted by Crippen LogP contribution is 2.31. The maximum atomic E-state index is 9.45. The number of aromatic nitrogens is 2. The first-order valence-corrected chi connectivity index (χ1v) is 6.50. The van der Waals surface area contributed by atoms with E-state index in [1.807, 2.05) is 18.2 Å². The lowest BCUT2D eigenvalue weighted by Crippen LogP contribution is -2.03. The molecule has 0 aliphatic heterocycles. The molecule has 0 amide bonds. The molecule has 1 heterocycles. The summed E-state index contributed by atoms with van der Waals surface area (Å²) in [5, 5.41) is 9.45. The van der Waals surface area contributed by atoms with Gasteiger partial charge in [-0.25, -0.2) is 9.97 Å². The van der Waals surface area contributed by atoms with Crippen molar-refractivity contribution in [3.63, 3.8) is 0 Å². The highest BCUT2D eigenvalue weighted by molar-refractivity contribution is 5.44. The Kier molecular flexibility index (Phi) is 4.31. The number of hydrogen-bond donors (Lipinski definition) is 0. The Morgan fingerprint density at radius 2 is 2.05 bits per heavy atom. The fourth-order valence-corrected chi connectivity index (χ4v) is 2.17. The summed E-state index contributed by atoms with van der Waals surface area (Å²) in [7, 11) is 1.66. The Hall–Kier alpha value is -2.41. The van der Waals surface area contributed by atoms with E-state index in [9.17, 15) is 5.26 Å². The Morgan fingerprint density at radius 1 is 1.25 bits per heavy atom. The maximum Gasteiger partial charge on any atom is 0.122 e. The zero-order valence-corrected chi connectivity index (χ0v) is 11.9. The first kappa shape index (κ1) is 14.0. The van der Waals surface area contributed by atoms with Crippen molar-refractivity contribution in [1.82, 2.24) is 9.97 Å². The molecule has 0 aliphatic rings. The molecule has 0 saturated heterocycles. The second-order valence-electron chi connectivity index (χ2n) is 4.85. The fraction of sp³-hybridized carbons (Fsp3) is 0.312. The minimum atomic E-state index is -0.388. The minimum absolute atomic E-state index is 0.328. The third kappa shape index (κ3) is 2.77. The SMILES string of the molecule is COc1ccc(C(C#N)c2ccncn2)cc1C(C)C. The summed E-state index contributed by atoms with van der Waals surface area (Å²) in [5.74, 6) is 0.791. The number of rotatable bonds is 4. The van der Waals surface area contributed by atoms with Gasteiger partial charge in [0.2, 0.25) is 0 Å². The average Bonchev–Trinajstić information content (AvgIpc) is 2.49. The second kappa shape index (κ2) is 6.16. The van der Waals surface area contributed by atoms with Crippen molar-refractivity contribution in [1.29, 1.82) is 5.26 Å². The molecule has 4 nitrogen and oxygen atoms in total. The number of hydrogen-bond acceptors (Lipinski definition) is 4. The van der Waals surface area contributed by atoms with Gasteiger partial charge in [-0.1, -0.05) is 26.0 Å². The van der Waals surface area contributed by atoms with Gasteiger partial charge in [0.05, 0.1) is 18.9 Å². The van der Waals surface area contributed by atoms with Crippen LogP contribution in [0.5, 0.6) is 5.75 Å². The van der Waals surface area contributed by atoms with Crippen molar-refractivity contribution in [2.24, 2.45) is 0 Å². The van der Waals surface area contributed by atoms with Crippen LogP contribution in [0.15, 0.2) is 36.8 Å². The van der Waals surface area contributed by atoms with Gasteiger partial charge in [0.1, 0.15) is 18.0 Å². The van der Waals surface area contributed by atoms with E-state index in [2.05, 4.69) is 29.9 Å². The van der Waals surface area contributed by atoms with Crippen LogP contribution in [0, 0.1) is 11.3 Å². The topological polar surface area (TPSA) is 58.8 Å². The lowest BCUT2D eigenvalue weighted by Gasteiger charge is -2.15. The van der Waals surface area contributed by atoms with E-state index in [1.165, 1.54) is 6.33 Å². The Labute approximate surface area is 119 Å². The van der Waals surface area contributed by atoms with Crippen molar-refractivity contribution in [2.75, 3.05) is 7.11 Å². The summed E-state index contributed by atoms with van der Waals surface area (Å²) < 4.78 is 5.37. The summed E-state index contributed by atoms with van der Waals surface area (Å²) in [6.07, 6.45) is 3.12. The molecule has 1 aromatic carbocycles. The van der Waals surface area contributed by atoms with E-state index in [0.717, 1.165) is 16.9 Å². The molecule has 0 N–H and O–H groups in total. The van der Waals surface area contributed by atoms with Crippen molar-refractivity contribution >= 4 is 0 Å². The third-order valence-corrected chi connectivity index (χ3v) is 3.24. The van der Waals surface area contributed by atoms with Gasteiger partial charge in [0.25, 0.3) is 0 Å². The first-order chi connectivity index (χ1) is 9.67. The lowest BCUT2D eigenvalue weighted by molar-refractivity contribution is 0.407. The number of benzene rings is 1. The lowest BCUT2D eigenvalue weighted by atomic mass is 9.92. The van der Waals surface area contributed by atoms with E-state index in [0.29, 0.717) is 11.6 Å². The van der Waals surface area contributed by atoms with E-state index in [1.54, 1.807) is 19.4 Å². The van der Waals surface area contributed by atoms with Crippen LogP contribution in [-0.4, -0.2) is 17.1 Å². The van der Waals surface area contributed by atoms with Crippen molar-refractivity contribution in [3.8, 4) is 11.8 Å². The third-order valence-electron chi connectivity index (χ3n) is 3.24. The van der Waals surface area contributed by atoms with Gasteiger partial charge in [-0.3, -0.25) is 0 Å². The van der Waals surface area contributed by atoms with Crippen LogP contribution in [-0.2, 0) is 0 Å². The molecular weight excluding hydrogens is 250 g/mol. The van der Waals surface area contributed by atoms with E-state index in [-0.39, 0.29) is 5.92 Å². The molecule has 0 saturated carbocycles. The van der Waals surface area contributed by atoms with Gasteiger partial charge < -0.3 is 4.74 Å². The van der Waals surface area contributed by atoms with Crippen LogP contribution in [0.2, 0.25) is 0 Å². The predicted octanol–water partition coefficient (Wildman–Crippen LogP) is 3.26. The van der Waals surface area contributed by atoms with Crippen LogP contribution in [0.4, 0.5) is 0 Å². The highest BCUT2D eigenvalue weighted by Gasteiger charge is 2.17. The first-order valence-electron chi connectivity index (χ1n) is 6.50. The van der Waals surface area contributed by atoms with Crippen molar-refractivity contribution < 1.29 is 4.74 Å². The molecule has 0 bridgehead atoms. The summed E-state index contributed by atoms with van der Waals surface area (Å²) in [6, 6.07) is 9.94. The van der Waals surface area contributed by atoms with Gasteiger partial charge in [-0.2, -0.15) is 5.26 Å². The van der Waals surface area contributed by atoms with Gasteiger partial charge in [0, 0.05) is 6.20 Å². The Morgan fingerprint density at radius 3 is 2.60 bits per heavy atom. The molecule has 0 radical (unpaired) electrons.